The van der Waals surface area contributed by atoms with Crippen molar-refractivity contribution in [2.75, 3.05) is 13.7 Å². The zero-order valence-corrected chi connectivity index (χ0v) is 37.3. The van der Waals surface area contributed by atoms with E-state index in [2.05, 4.69) is 44.0 Å². The standard InChI is InChI=1S/C51H80N3O5/c1-5-11-43(46(56)28-40-24-37(31-54-40)32(2)3)36-23-39(51(19-9-10-20-51)38-18-21-53-50(52)27-38)22-34-15-17-42(33-12-7-6-8-13-33)44-30-48(58)49(59-4)26-35(44)14-16-41(55)29-47(57)45(34)25-36/h24,31-36,38-39,42-46,48-50,53,56,58H,5-14,16,18-23,25-30,52H2,1-4H3/q+1/p+1. The van der Waals surface area contributed by atoms with Crippen molar-refractivity contribution in [1.82, 2.24) is 0 Å². The number of methoxy groups -OCH3 is 1. The fourth-order valence-corrected chi connectivity index (χ4v) is 14.2. The second-order valence-electron chi connectivity index (χ2n) is 21.2. The monoisotopic (exact) mass is 816 g/mol. The molecule has 0 bridgehead atoms. The maximum atomic E-state index is 14.9. The molecular weight excluding hydrogens is 735 g/mol. The smallest absolute Gasteiger partial charge is 0.177 e. The van der Waals surface area contributed by atoms with Crippen LogP contribution in [0.15, 0.2) is 16.8 Å². The molecule has 8 heteroatoms. The molecule has 0 aromatic carbocycles. The quantitative estimate of drug-likeness (QED) is 0.0957. The van der Waals surface area contributed by atoms with Gasteiger partial charge in [-0.15, -0.1) is 4.99 Å². The van der Waals surface area contributed by atoms with Crippen LogP contribution in [-0.2, 0) is 14.3 Å². The Morgan fingerprint density at radius 3 is 2.44 bits per heavy atom. The predicted octanol–water partition coefficient (Wildman–Crippen LogP) is 7.74. The summed E-state index contributed by atoms with van der Waals surface area (Å²) < 4.78 is 5.81. The van der Waals surface area contributed by atoms with Gasteiger partial charge in [0.05, 0.1) is 37.7 Å². The van der Waals surface area contributed by atoms with Gasteiger partial charge in [0.25, 0.3) is 0 Å². The summed E-state index contributed by atoms with van der Waals surface area (Å²) in [6.45, 7) is 7.68. The molecule has 0 aromatic heterocycles. The number of nitrogens with zero attached hydrogens (tertiary/aromatic N) is 1. The molecule has 4 saturated carbocycles. The molecule has 7 rings (SSSR count). The topological polar surface area (TPSA) is 139 Å². The van der Waals surface area contributed by atoms with Crippen LogP contribution in [0.25, 0.3) is 0 Å². The van der Waals surface area contributed by atoms with E-state index in [0.717, 1.165) is 57.2 Å². The lowest BCUT2D eigenvalue weighted by Gasteiger charge is -2.47. The Labute approximate surface area is 357 Å². The number of carbonyl (C=O) groups is 2. The molecule has 0 amide bonds. The van der Waals surface area contributed by atoms with Gasteiger partial charge in [-0.05, 0) is 131 Å². The lowest BCUT2D eigenvalue weighted by atomic mass is 9.58. The number of ether oxygens (including phenoxy) is 1. The maximum absolute atomic E-state index is 14.9. The van der Waals surface area contributed by atoms with Crippen LogP contribution in [0.3, 0.4) is 0 Å². The number of rotatable bonds is 11. The Balaban J connectivity index is 1.30. The number of aliphatic imine (C=N–C) groups is 1. The van der Waals surface area contributed by atoms with E-state index in [0.29, 0.717) is 49.4 Å². The van der Waals surface area contributed by atoms with Crippen molar-refractivity contribution in [3.63, 3.8) is 0 Å². The second-order valence-corrected chi connectivity index (χ2v) is 21.2. The fraction of sp³-hybridized carbons (Fsp3) is 0.843. The number of Topliss-reactive ketones (excluding diaryl/α,β-unsaturated/α-hetero) is 2. The summed E-state index contributed by atoms with van der Waals surface area (Å²) in [5, 5.41) is 26.1. The van der Waals surface area contributed by atoms with Gasteiger partial charge in [0, 0.05) is 50.0 Å². The summed E-state index contributed by atoms with van der Waals surface area (Å²) in [4.78, 5) is 33.7. The van der Waals surface area contributed by atoms with Crippen molar-refractivity contribution in [1.29, 1.82) is 0 Å². The van der Waals surface area contributed by atoms with Gasteiger partial charge in [0.15, 0.2) is 5.70 Å². The third-order valence-electron chi connectivity index (χ3n) is 17.4. The van der Waals surface area contributed by atoms with Gasteiger partial charge in [0.2, 0.25) is 0 Å². The number of aliphatic hydroxyl groups is 2. The fourth-order valence-electron chi connectivity index (χ4n) is 14.2. The molecule has 5 fully saturated rings. The average molecular weight is 816 g/mol. The Hall–Kier alpha value is -2.02. The van der Waals surface area contributed by atoms with E-state index in [1.165, 1.54) is 70.1 Å². The van der Waals surface area contributed by atoms with E-state index in [4.69, 9.17) is 15.5 Å². The van der Waals surface area contributed by atoms with E-state index in [1.54, 1.807) is 7.11 Å². The molecule has 59 heavy (non-hydrogen) atoms. The van der Waals surface area contributed by atoms with Crippen LogP contribution >= 0.6 is 0 Å². The van der Waals surface area contributed by atoms with Crippen LogP contribution in [0.5, 0.6) is 0 Å². The number of fused-ring (bicyclic) bond motifs is 2. The van der Waals surface area contributed by atoms with E-state index >= 15 is 0 Å². The molecule has 8 nitrogen and oxygen atoms in total. The highest BCUT2D eigenvalue weighted by Crippen LogP contribution is 2.59. The number of hydrogen-bond acceptors (Lipinski definition) is 7. The van der Waals surface area contributed by atoms with E-state index in [-0.39, 0.29) is 77.1 Å². The van der Waals surface area contributed by atoms with Gasteiger partial charge in [-0.3, -0.25) is 15.3 Å². The van der Waals surface area contributed by atoms with Crippen LogP contribution in [0, 0.1) is 88.3 Å². The number of quaternary nitrogens is 1. The molecule has 2 heterocycles. The van der Waals surface area contributed by atoms with Gasteiger partial charge in [-0.2, -0.15) is 0 Å². The van der Waals surface area contributed by atoms with E-state index in [9.17, 15) is 19.8 Å². The van der Waals surface area contributed by atoms with Gasteiger partial charge in [0.1, 0.15) is 35.9 Å². The van der Waals surface area contributed by atoms with Gasteiger partial charge in [-0.1, -0.05) is 57.3 Å². The number of nitrogens with two attached hydrogens (primary N) is 2. The van der Waals surface area contributed by atoms with Crippen molar-refractivity contribution >= 4 is 17.8 Å². The minimum atomic E-state index is -0.556. The SMILES string of the molecule is CCCC(C(O)CC1=C[C+](C(C)C)C=N1)C1CC2C(=O)CC(=O)CCC3CC(OC)C(O)CC3C(C3CCCCC3)C#CC2CC(C2(C3CC[NH2+]C(N)C3)CCCC2)C1. The third-order valence-corrected chi connectivity index (χ3v) is 17.4. The van der Waals surface area contributed by atoms with Crippen LogP contribution < -0.4 is 11.1 Å². The van der Waals surface area contributed by atoms with Gasteiger partial charge >= 0.3 is 0 Å². The van der Waals surface area contributed by atoms with Crippen LogP contribution in [0.1, 0.15) is 162 Å². The first-order valence-corrected chi connectivity index (χ1v) is 24.6. The molecule has 0 radical (unpaired) electrons. The highest BCUT2D eigenvalue weighted by Gasteiger charge is 2.53. The third kappa shape index (κ3) is 10.4. The molecule has 2 aliphatic heterocycles. The molecule has 13 atom stereocenters. The van der Waals surface area contributed by atoms with E-state index in [1.807, 2.05) is 6.21 Å². The molecule has 13 unspecified atom stereocenters. The first-order chi connectivity index (χ1) is 28.5. The Bertz CT molecular complexity index is 1530. The largest absolute Gasteiger partial charge is 0.391 e. The summed E-state index contributed by atoms with van der Waals surface area (Å²) in [5.41, 5.74) is 7.86. The molecule has 328 valence electrons. The van der Waals surface area contributed by atoms with Gasteiger partial charge < -0.3 is 20.3 Å². The first-order valence-electron chi connectivity index (χ1n) is 24.6. The Morgan fingerprint density at radius 2 is 1.75 bits per heavy atom. The summed E-state index contributed by atoms with van der Waals surface area (Å²) in [6.07, 6.45) is 23.6. The van der Waals surface area contributed by atoms with Crippen molar-refractivity contribution in [2.24, 2.45) is 81.2 Å². The lowest BCUT2D eigenvalue weighted by molar-refractivity contribution is -0.700. The Morgan fingerprint density at radius 1 is 0.966 bits per heavy atom. The highest BCUT2D eigenvalue weighted by atomic mass is 16.5. The van der Waals surface area contributed by atoms with Crippen molar-refractivity contribution < 1.29 is 29.9 Å². The Kier molecular flexibility index (Phi) is 15.6. The van der Waals surface area contributed by atoms with Crippen LogP contribution in [-0.4, -0.2) is 66.1 Å². The van der Waals surface area contributed by atoms with Crippen molar-refractivity contribution in [2.45, 2.75) is 187 Å². The number of piperidine rings is 1. The van der Waals surface area contributed by atoms with E-state index < -0.39 is 12.2 Å². The highest BCUT2D eigenvalue weighted by molar-refractivity contribution is 6.00. The van der Waals surface area contributed by atoms with Crippen molar-refractivity contribution in [3.8, 4) is 11.8 Å². The normalized spacial score (nSPS) is 38.3. The molecule has 1 saturated heterocycles. The number of carbonyl (C=O) groups excluding carboxylic acids is 2. The average Bonchev–Trinajstić information content (AvgIpc) is 3.88. The zero-order chi connectivity index (χ0) is 41.7. The molecule has 7 aliphatic rings. The molecule has 6 N–H and O–H groups in total. The summed E-state index contributed by atoms with van der Waals surface area (Å²) >= 11 is 0. The summed E-state index contributed by atoms with van der Waals surface area (Å²) in [6, 6.07) is 0. The predicted molar refractivity (Wildman–Crippen MR) is 235 cm³/mol. The number of allylic oxidation sites excluding steroid dienone is 1. The summed E-state index contributed by atoms with van der Waals surface area (Å²) in [5.74, 6) is 11.5. The molecular formula is C51H81N3O5+2. The minimum Gasteiger partial charge on any atom is -0.391 e. The number of aliphatic hydroxyl groups excluding tert-OH is 2. The number of hydrogen-bond donors (Lipinski definition) is 4. The second kappa shape index (κ2) is 20.4. The van der Waals surface area contributed by atoms with Crippen molar-refractivity contribution in [3.05, 3.63) is 17.7 Å². The summed E-state index contributed by atoms with van der Waals surface area (Å²) in [7, 11) is 1.70. The first kappa shape index (κ1) is 45.0. The maximum Gasteiger partial charge on any atom is 0.177 e. The van der Waals surface area contributed by atoms with Crippen LogP contribution in [0.4, 0.5) is 0 Å². The zero-order valence-electron chi connectivity index (χ0n) is 37.3. The minimum absolute atomic E-state index is 0.0190. The molecule has 5 aliphatic carbocycles. The van der Waals surface area contributed by atoms with Crippen LogP contribution in [0.2, 0.25) is 0 Å². The molecule has 0 aromatic rings. The molecule has 0 spiro atoms. The number of ketones is 2. The lowest BCUT2D eigenvalue weighted by Crippen LogP contribution is -2.95. The van der Waals surface area contributed by atoms with Gasteiger partial charge in [-0.25, -0.2) is 0 Å².